The van der Waals surface area contributed by atoms with Gasteiger partial charge in [0.1, 0.15) is 5.69 Å². The van der Waals surface area contributed by atoms with E-state index < -0.39 is 6.10 Å². The van der Waals surface area contributed by atoms with Gasteiger partial charge in [-0.05, 0) is 25.7 Å². The second-order valence-electron chi connectivity index (χ2n) is 3.84. The van der Waals surface area contributed by atoms with Gasteiger partial charge in [0.25, 0.3) is 0 Å². The van der Waals surface area contributed by atoms with Crippen molar-refractivity contribution in [2.75, 3.05) is 0 Å². The molecule has 0 unspecified atom stereocenters. The van der Waals surface area contributed by atoms with Crippen LogP contribution in [0.5, 0.6) is 0 Å². The molecule has 1 fully saturated rings. The van der Waals surface area contributed by atoms with Gasteiger partial charge >= 0.3 is 0 Å². The Kier molecular flexibility index (Phi) is 2.31. The Hall–Kier alpha value is -0.900. The summed E-state index contributed by atoms with van der Waals surface area (Å²) in [5.74, 6) is 0.781. The second-order valence-corrected chi connectivity index (χ2v) is 3.84. The third kappa shape index (κ3) is 1.88. The molecule has 0 spiro atoms. The van der Waals surface area contributed by atoms with Crippen molar-refractivity contribution in [3.63, 3.8) is 0 Å². The van der Waals surface area contributed by atoms with Crippen LogP contribution in [0.3, 0.4) is 0 Å². The van der Waals surface area contributed by atoms with Gasteiger partial charge in [-0.2, -0.15) is 0 Å². The number of aliphatic hydroxyl groups is 1. The van der Waals surface area contributed by atoms with Gasteiger partial charge in [-0.15, -0.1) is 5.10 Å². The molecule has 1 aliphatic rings. The van der Waals surface area contributed by atoms with Gasteiger partial charge in [-0.25, -0.2) is 0 Å². The van der Waals surface area contributed by atoms with Crippen LogP contribution < -0.4 is 0 Å². The Labute approximate surface area is 77.6 Å². The highest BCUT2D eigenvalue weighted by atomic mass is 16.3. The third-order valence-corrected chi connectivity index (χ3v) is 2.65. The number of rotatable bonds is 3. The standard InChI is InChI=1S/C9H15N3O/c1-7(13)9-6-12(11-10-9)5-8-3-2-4-8/h6-8,13H,2-5H2,1H3/t7-/m0/s1. The monoisotopic (exact) mass is 181 g/mol. The highest BCUT2D eigenvalue weighted by Gasteiger charge is 2.18. The van der Waals surface area contributed by atoms with E-state index in [1.807, 2.05) is 10.9 Å². The summed E-state index contributed by atoms with van der Waals surface area (Å²) in [7, 11) is 0. The molecule has 0 aromatic carbocycles. The zero-order chi connectivity index (χ0) is 9.26. The van der Waals surface area contributed by atoms with Crippen molar-refractivity contribution in [1.29, 1.82) is 0 Å². The Balaban J connectivity index is 1.96. The first-order valence-corrected chi connectivity index (χ1v) is 4.84. The van der Waals surface area contributed by atoms with Crippen LogP contribution in [0.1, 0.15) is 38.0 Å². The molecule has 0 aliphatic heterocycles. The molecule has 13 heavy (non-hydrogen) atoms. The molecule has 0 bridgehead atoms. The lowest BCUT2D eigenvalue weighted by Gasteiger charge is -2.24. The minimum Gasteiger partial charge on any atom is -0.387 e. The van der Waals surface area contributed by atoms with Crippen molar-refractivity contribution in [2.24, 2.45) is 5.92 Å². The maximum Gasteiger partial charge on any atom is 0.111 e. The molecule has 0 radical (unpaired) electrons. The normalized spacial score (nSPS) is 19.8. The zero-order valence-corrected chi connectivity index (χ0v) is 7.85. The molecule has 2 rings (SSSR count). The number of hydrogen-bond acceptors (Lipinski definition) is 3. The first-order valence-electron chi connectivity index (χ1n) is 4.84. The largest absolute Gasteiger partial charge is 0.387 e. The SMILES string of the molecule is C[C@H](O)c1cn(CC2CCC2)nn1. The maximum absolute atomic E-state index is 9.23. The van der Waals surface area contributed by atoms with Crippen molar-refractivity contribution < 1.29 is 5.11 Å². The Bertz CT molecular complexity index is 278. The number of aromatic nitrogens is 3. The number of nitrogens with zero attached hydrogens (tertiary/aromatic N) is 3. The average molecular weight is 181 g/mol. The summed E-state index contributed by atoms with van der Waals surface area (Å²) >= 11 is 0. The van der Waals surface area contributed by atoms with Crippen LogP contribution >= 0.6 is 0 Å². The molecule has 0 saturated heterocycles. The fourth-order valence-electron chi connectivity index (χ4n) is 1.53. The average Bonchev–Trinajstić information content (AvgIpc) is 2.44. The Morgan fingerprint density at radius 2 is 2.46 bits per heavy atom. The molecule has 0 amide bonds. The molecule has 1 aromatic heterocycles. The lowest BCUT2D eigenvalue weighted by atomic mass is 9.85. The summed E-state index contributed by atoms with van der Waals surface area (Å²) in [6, 6.07) is 0. The predicted octanol–water partition coefficient (Wildman–Crippen LogP) is 1.13. The minimum atomic E-state index is -0.504. The summed E-state index contributed by atoms with van der Waals surface area (Å²) in [4.78, 5) is 0. The third-order valence-electron chi connectivity index (χ3n) is 2.65. The van der Waals surface area contributed by atoms with E-state index in [1.165, 1.54) is 19.3 Å². The fraction of sp³-hybridized carbons (Fsp3) is 0.778. The highest BCUT2D eigenvalue weighted by Crippen LogP contribution is 2.27. The molecule has 1 N–H and O–H groups in total. The summed E-state index contributed by atoms with van der Waals surface area (Å²) in [6.07, 6.45) is 5.30. The van der Waals surface area contributed by atoms with Crippen LogP contribution in [-0.4, -0.2) is 20.1 Å². The molecule has 1 heterocycles. The molecule has 1 aromatic rings. The summed E-state index contributed by atoms with van der Waals surface area (Å²) in [6.45, 7) is 2.66. The Morgan fingerprint density at radius 1 is 1.69 bits per heavy atom. The van der Waals surface area contributed by atoms with Gasteiger partial charge in [-0.3, -0.25) is 4.68 Å². The quantitative estimate of drug-likeness (QED) is 0.760. The molecule has 1 aliphatic carbocycles. The van der Waals surface area contributed by atoms with Crippen LogP contribution in [0.15, 0.2) is 6.20 Å². The lowest BCUT2D eigenvalue weighted by molar-refractivity contribution is 0.194. The van der Waals surface area contributed by atoms with E-state index in [4.69, 9.17) is 0 Å². The maximum atomic E-state index is 9.23. The van der Waals surface area contributed by atoms with E-state index in [0.29, 0.717) is 5.69 Å². The minimum absolute atomic E-state index is 0.504. The predicted molar refractivity (Wildman–Crippen MR) is 48.0 cm³/mol. The van der Waals surface area contributed by atoms with Gasteiger partial charge in [0, 0.05) is 6.54 Å². The smallest absolute Gasteiger partial charge is 0.111 e. The van der Waals surface area contributed by atoms with Crippen LogP contribution in [-0.2, 0) is 6.54 Å². The van der Waals surface area contributed by atoms with E-state index in [2.05, 4.69) is 10.3 Å². The number of aliphatic hydroxyl groups excluding tert-OH is 1. The lowest BCUT2D eigenvalue weighted by Crippen LogP contribution is -2.18. The topological polar surface area (TPSA) is 50.9 Å². The summed E-state index contributed by atoms with van der Waals surface area (Å²) in [5, 5.41) is 17.1. The van der Waals surface area contributed by atoms with E-state index >= 15 is 0 Å². The van der Waals surface area contributed by atoms with Crippen molar-refractivity contribution in [1.82, 2.24) is 15.0 Å². The van der Waals surface area contributed by atoms with Gasteiger partial charge in [0.05, 0.1) is 12.3 Å². The van der Waals surface area contributed by atoms with Crippen molar-refractivity contribution >= 4 is 0 Å². The number of hydrogen-bond donors (Lipinski definition) is 1. The Morgan fingerprint density at radius 3 is 2.92 bits per heavy atom. The molecular formula is C9H15N3O. The first kappa shape index (κ1) is 8.69. The van der Waals surface area contributed by atoms with Crippen LogP contribution in [0.4, 0.5) is 0 Å². The second kappa shape index (κ2) is 3.46. The molecule has 72 valence electrons. The van der Waals surface area contributed by atoms with Gasteiger partial charge in [-0.1, -0.05) is 11.6 Å². The van der Waals surface area contributed by atoms with Gasteiger partial charge < -0.3 is 5.11 Å². The molecule has 4 heteroatoms. The van der Waals surface area contributed by atoms with E-state index in [9.17, 15) is 5.11 Å². The van der Waals surface area contributed by atoms with Crippen LogP contribution in [0.2, 0.25) is 0 Å². The first-order chi connectivity index (χ1) is 6.25. The van der Waals surface area contributed by atoms with Crippen molar-refractivity contribution in [2.45, 2.75) is 38.8 Å². The molecule has 1 atom stereocenters. The van der Waals surface area contributed by atoms with Gasteiger partial charge in [0.2, 0.25) is 0 Å². The molecule has 4 nitrogen and oxygen atoms in total. The van der Waals surface area contributed by atoms with E-state index in [-0.39, 0.29) is 0 Å². The highest BCUT2D eigenvalue weighted by molar-refractivity contribution is 4.95. The van der Waals surface area contributed by atoms with E-state index in [0.717, 1.165) is 12.5 Å². The molecular weight excluding hydrogens is 166 g/mol. The van der Waals surface area contributed by atoms with E-state index in [1.54, 1.807) is 6.92 Å². The summed E-state index contributed by atoms with van der Waals surface area (Å²) in [5.41, 5.74) is 0.666. The van der Waals surface area contributed by atoms with Gasteiger partial charge in [0.15, 0.2) is 0 Å². The van der Waals surface area contributed by atoms with Crippen molar-refractivity contribution in [3.8, 4) is 0 Å². The van der Waals surface area contributed by atoms with Crippen molar-refractivity contribution in [3.05, 3.63) is 11.9 Å². The van der Waals surface area contributed by atoms with Crippen LogP contribution in [0.25, 0.3) is 0 Å². The zero-order valence-electron chi connectivity index (χ0n) is 7.85. The molecule has 1 saturated carbocycles. The fourth-order valence-corrected chi connectivity index (χ4v) is 1.53. The van der Waals surface area contributed by atoms with Crippen LogP contribution in [0, 0.1) is 5.92 Å². The summed E-state index contributed by atoms with van der Waals surface area (Å²) < 4.78 is 1.84.